The minimum Gasteiger partial charge on any atom is -0.384 e. The Labute approximate surface area is 85.2 Å². The van der Waals surface area contributed by atoms with E-state index < -0.39 is 5.60 Å². The van der Waals surface area contributed by atoms with Gasteiger partial charge in [-0.15, -0.1) is 0 Å². The first-order valence-corrected chi connectivity index (χ1v) is 4.76. The standard InChI is InChI=1S/C11H18N2O/c1-10(2,3)8-6-13-9(7-12-8)11(4,5)14/h6-7,14H,1-5H3. The van der Waals surface area contributed by atoms with Crippen LogP contribution >= 0.6 is 0 Å². The third-order valence-electron chi connectivity index (χ3n) is 2.05. The Morgan fingerprint density at radius 2 is 1.36 bits per heavy atom. The predicted octanol–water partition coefficient (Wildman–Crippen LogP) is 2.00. The molecular formula is C11H18N2O. The lowest BCUT2D eigenvalue weighted by atomic mass is 9.92. The van der Waals surface area contributed by atoms with Crippen molar-refractivity contribution < 1.29 is 5.11 Å². The molecule has 3 nitrogen and oxygen atoms in total. The maximum Gasteiger partial charge on any atom is 0.102 e. The molecule has 0 amide bonds. The summed E-state index contributed by atoms with van der Waals surface area (Å²) in [7, 11) is 0. The van der Waals surface area contributed by atoms with E-state index in [-0.39, 0.29) is 5.41 Å². The quantitative estimate of drug-likeness (QED) is 0.743. The van der Waals surface area contributed by atoms with Crippen LogP contribution in [0.15, 0.2) is 12.4 Å². The summed E-state index contributed by atoms with van der Waals surface area (Å²) in [5, 5.41) is 9.68. The summed E-state index contributed by atoms with van der Waals surface area (Å²) in [6.07, 6.45) is 3.37. The molecule has 0 aliphatic rings. The summed E-state index contributed by atoms with van der Waals surface area (Å²) in [4.78, 5) is 8.50. The van der Waals surface area contributed by atoms with Crippen molar-refractivity contribution in [2.75, 3.05) is 0 Å². The Morgan fingerprint density at radius 1 is 0.929 bits per heavy atom. The van der Waals surface area contributed by atoms with Crippen molar-refractivity contribution in [2.45, 2.75) is 45.6 Å². The molecule has 0 aliphatic heterocycles. The van der Waals surface area contributed by atoms with E-state index in [4.69, 9.17) is 0 Å². The van der Waals surface area contributed by atoms with E-state index in [1.807, 2.05) is 0 Å². The lowest BCUT2D eigenvalue weighted by Crippen LogP contribution is -2.20. The van der Waals surface area contributed by atoms with Gasteiger partial charge in [0.05, 0.1) is 17.6 Å². The van der Waals surface area contributed by atoms with Gasteiger partial charge in [-0.25, -0.2) is 0 Å². The highest BCUT2D eigenvalue weighted by Crippen LogP contribution is 2.21. The van der Waals surface area contributed by atoms with Crippen LogP contribution in [0.25, 0.3) is 0 Å². The molecule has 0 aliphatic carbocycles. The first kappa shape index (κ1) is 11.1. The van der Waals surface area contributed by atoms with Crippen LogP contribution in [-0.2, 0) is 11.0 Å². The molecule has 78 valence electrons. The van der Waals surface area contributed by atoms with Crippen molar-refractivity contribution in [2.24, 2.45) is 0 Å². The van der Waals surface area contributed by atoms with E-state index in [0.717, 1.165) is 5.69 Å². The molecule has 1 aromatic heterocycles. The zero-order chi connectivity index (χ0) is 11.0. The smallest absolute Gasteiger partial charge is 0.102 e. The topological polar surface area (TPSA) is 46.0 Å². The first-order chi connectivity index (χ1) is 6.21. The van der Waals surface area contributed by atoms with E-state index in [1.165, 1.54) is 0 Å². The number of hydrogen-bond acceptors (Lipinski definition) is 3. The Balaban J connectivity index is 3.02. The highest BCUT2D eigenvalue weighted by molar-refractivity contribution is 5.13. The summed E-state index contributed by atoms with van der Waals surface area (Å²) < 4.78 is 0. The average Bonchev–Trinajstić information content (AvgIpc) is 2.01. The summed E-state index contributed by atoms with van der Waals surface area (Å²) >= 11 is 0. The van der Waals surface area contributed by atoms with E-state index >= 15 is 0 Å². The largest absolute Gasteiger partial charge is 0.384 e. The second kappa shape index (κ2) is 3.31. The molecule has 1 aromatic rings. The van der Waals surface area contributed by atoms with Gasteiger partial charge in [0, 0.05) is 11.6 Å². The average molecular weight is 194 g/mol. The van der Waals surface area contributed by atoms with Crippen LogP contribution in [0.3, 0.4) is 0 Å². The van der Waals surface area contributed by atoms with Gasteiger partial charge in [0.1, 0.15) is 5.60 Å². The molecule has 0 aromatic carbocycles. The lowest BCUT2D eigenvalue weighted by molar-refractivity contribution is 0.0733. The molecule has 0 spiro atoms. The Bertz CT molecular complexity index is 271. The molecule has 0 unspecified atom stereocenters. The number of rotatable bonds is 1. The SMILES string of the molecule is CC(C)(C)c1cnc(C(C)(C)O)cn1. The van der Waals surface area contributed by atoms with Gasteiger partial charge in [-0.3, -0.25) is 9.97 Å². The number of aromatic nitrogens is 2. The summed E-state index contributed by atoms with van der Waals surface area (Å²) in [6.45, 7) is 9.66. The normalized spacial score (nSPS) is 13.0. The zero-order valence-electron chi connectivity index (χ0n) is 9.50. The second-order valence-electron chi connectivity index (χ2n) is 5.10. The van der Waals surface area contributed by atoms with E-state index in [0.29, 0.717) is 5.69 Å². The number of aliphatic hydroxyl groups is 1. The third-order valence-corrected chi connectivity index (χ3v) is 2.05. The van der Waals surface area contributed by atoms with Crippen molar-refractivity contribution in [1.29, 1.82) is 0 Å². The fourth-order valence-corrected chi connectivity index (χ4v) is 1.03. The van der Waals surface area contributed by atoms with Gasteiger partial charge in [-0.2, -0.15) is 0 Å². The van der Waals surface area contributed by atoms with Gasteiger partial charge < -0.3 is 5.11 Å². The molecule has 1 heterocycles. The molecule has 1 rings (SSSR count). The second-order valence-corrected chi connectivity index (χ2v) is 5.10. The van der Waals surface area contributed by atoms with Crippen molar-refractivity contribution in [3.8, 4) is 0 Å². The minimum atomic E-state index is -0.913. The van der Waals surface area contributed by atoms with E-state index in [9.17, 15) is 5.11 Å². The van der Waals surface area contributed by atoms with Crippen LogP contribution in [0.2, 0.25) is 0 Å². The summed E-state index contributed by atoms with van der Waals surface area (Å²) in [5.41, 5.74) is 0.630. The summed E-state index contributed by atoms with van der Waals surface area (Å²) in [6, 6.07) is 0. The van der Waals surface area contributed by atoms with Gasteiger partial charge in [-0.1, -0.05) is 20.8 Å². The maximum atomic E-state index is 9.68. The van der Waals surface area contributed by atoms with Gasteiger partial charge >= 0.3 is 0 Å². The lowest BCUT2D eigenvalue weighted by Gasteiger charge is -2.20. The molecule has 14 heavy (non-hydrogen) atoms. The molecule has 3 heteroatoms. The molecule has 0 bridgehead atoms. The highest BCUT2D eigenvalue weighted by atomic mass is 16.3. The molecule has 0 saturated heterocycles. The first-order valence-electron chi connectivity index (χ1n) is 4.76. The zero-order valence-corrected chi connectivity index (χ0v) is 9.50. The van der Waals surface area contributed by atoms with Crippen molar-refractivity contribution in [3.63, 3.8) is 0 Å². The van der Waals surface area contributed by atoms with E-state index in [2.05, 4.69) is 30.7 Å². The van der Waals surface area contributed by atoms with Gasteiger partial charge in [0.25, 0.3) is 0 Å². The molecule has 0 atom stereocenters. The summed E-state index contributed by atoms with van der Waals surface area (Å²) in [5.74, 6) is 0. The Morgan fingerprint density at radius 3 is 1.64 bits per heavy atom. The monoisotopic (exact) mass is 194 g/mol. The number of hydrogen-bond donors (Lipinski definition) is 1. The van der Waals surface area contributed by atoms with Crippen LogP contribution < -0.4 is 0 Å². The van der Waals surface area contributed by atoms with Crippen LogP contribution in [0.4, 0.5) is 0 Å². The third kappa shape index (κ3) is 2.51. The van der Waals surface area contributed by atoms with Crippen LogP contribution in [0.5, 0.6) is 0 Å². The number of nitrogens with zero attached hydrogens (tertiary/aromatic N) is 2. The van der Waals surface area contributed by atoms with Crippen molar-refractivity contribution >= 4 is 0 Å². The maximum absolute atomic E-state index is 9.68. The van der Waals surface area contributed by atoms with Gasteiger partial charge in [0.2, 0.25) is 0 Å². The van der Waals surface area contributed by atoms with E-state index in [1.54, 1.807) is 26.2 Å². The Hall–Kier alpha value is -0.960. The minimum absolute atomic E-state index is 0.00509. The molecular weight excluding hydrogens is 176 g/mol. The molecule has 0 saturated carbocycles. The molecule has 0 radical (unpaired) electrons. The van der Waals surface area contributed by atoms with Crippen molar-refractivity contribution in [1.82, 2.24) is 9.97 Å². The predicted molar refractivity (Wildman–Crippen MR) is 56.0 cm³/mol. The fourth-order valence-electron chi connectivity index (χ4n) is 1.03. The molecule has 1 N–H and O–H groups in total. The van der Waals surface area contributed by atoms with Crippen molar-refractivity contribution in [3.05, 3.63) is 23.8 Å². The van der Waals surface area contributed by atoms with Crippen LogP contribution in [0, 0.1) is 0 Å². The fraction of sp³-hybridized carbons (Fsp3) is 0.636. The van der Waals surface area contributed by atoms with Gasteiger partial charge in [-0.05, 0) is 13.8 Å². The van der Waals surface area contributed by atoms with Crippen LogP contribution in [-0.4, -0.2) is 15.1 Å². The van der Waals surface area contributed by atoms with Gasteiger partial charge in [0.15, 0.2) is 0 Å². The Kier molecular flexibility index (Phi) is 2.63. The van der Waals surface area contributed by atoms with Crippen LogP contribution in [0.1, 0.15) is 46.0 Å². The molecule has 0 fully saturated rings. The highest BCUT2D eigenvalue weighted by Gasteiger charge is 2.20.